The van der Waals surface area contributed by atoms with Crippen LogP contribution in [0.4, 0.5) is 16.2 Å². The summed E-state index contributed by atoms with van der Waals surface area (Å²) >= 11 is 0. The highest BCUT2D eigenvalue weighted by Crippen LogP contribution is 2.35. The van der Waals surface area contributed by atoms with Gasteiger partial charge in [-0.05, 0) is 45.4 Å². The van der Waals surface area contributed by atoms with Crippen molar-refractivity contribution in [3.8, 4) is 0 Å². The molecule has 0 radical (unpaired) electrons. The number of hydrogen-bond donors (Lipinski definition) is 1. The summed E-state index contributed by atoms with van der Waals surface area (Å²) in [4.78, 5) is 29.2. The molecule has 1 aliphatic heterocycles. The number of carbonyl (C=O) groups is 1. The third-order valence-corrected chi connectivity index (χ3v) is 7.03. The normalized spacial score (nSPS) is 16.6. The van der Waals surface area contributed by atoms with Crippen molar-refractivity contribution in [2.45, 2.75) is 43.7 Å². The zero-order valence-corrected chi connectivity index (χ0v) is 19.8. The van der Waals surface area contributed by atoms with Crippen LogP contribution in [0.3, 0.4) is 0 Å². The number of nitrogens with zero attached hydrogens (tertiary/aromatic N) is 4. The van der Waals surface area contributed by atoms with E-state index in [0.29, 0.717) is 24.9 Å². The smallest absolute Gasteiger partial charge is 0.410 e. The summed E-state index contributed by atoms with van der Waals surface area (Å²) in [6, 6.07) is 9.06. The molecule has 1 amide bonds. The number of hydrogen-bond acceptors (Lipinski definition) is 8. The van der Waals surface area contributed by atoms with E-state index >= 15 is 0 Å². The first-order valence-corrected chi connectivity index (χ1v) is 12.1. The van der Waals surface area contributed by atoms with Gasteiger partial charge >= 0.3 is 11.8 Å². The Bertz CT molecular complexity index is 1350. The first-order valence-electron chi connectivity index (χ1n) is 10.7. The fraction of sp³-hybridized carbons (Fsp3) is 0.364. The molecule has 1 saturated heterocycles. The summed E-state index contributed by atoms with van der Waals surface area (Å²) < 4.78 is 32.7. The van der Waals surface area contributed by atoms with E-state index in [1.165, 1.54) is 29.3 Å². The van der Waals surface area contributed by atoms with Crippen LogP contribution in [0, 0.1) is 10.1 Å². The summed E-state index contributed by atoms with van der Waals surface area (Å²) in [5.74, 6) is 0. The number of aromatic nitrogens is 2. The lowest BCUT2D eigenvalue weighted by Gasteiger charge is -2.24. The number of benzene rings is 1. The lowest BCUT2D eigenvalue weighted by molar-refractivity contribution is -0.384. The van der Waals surface area contributed by atoms with Gasteiger partial charge < -0.3 is 15.0 Å². The number of carbonyl (C=O) groups excluding carboxylic acids is 1. The Balaban J connectivity index is 1.67. The maximum absolute atomic E-state index is 13.1. The van der Waals surface area contributed by atoms with Crippen molar-refractivity contribution in [2.75, 3.05) is 18.4 Å². The van der Waals surface area contributed by atoms with Gasteiger partial charge in [0, 0.05) is 25.3 Å². The van der Waals surface area contributed by atoms with Crippen LogP contribution in [0.15, 0.2) is 53.7 Å². The summed E-state index contributed by atoms with van der Waals surface area (Å²) in [5, 5.41) is 15.2. The Morgan fingerprint density at radius 1 is 1.24 bits per heavy atom. The third kappa shape index (κ3) is 4.53. The molecule has 12 heteroatoms. The number of rotatable bonds is 5. The number of nitro groups is 1. The van der Waals surface area contributed by atoms with Gasteiger partial charge in [-0.15, -0.1) is 0 Å². The lowest BCUT2D eigenvalue weighted by Crippen LogP contribution is -2.36. The summed E-state index contributed by atoms with van der Waals surface area (Å²) in [6.45, 7) is 6.06. The summed E-state index contributed by atoms with van der Waals surface area (Å²) in [5.41, 5.74) is -0.684. The molecule has 1 N–H and O–H groups in total. The minimum atomic E-state index is -3.95. The molecule has 0 bridgehead atoms. The van der Waals surface area contributed by atoms with Gasteiger partial charge in [-0.25, -0.2) is 22.2 Å². The van der Waals surface area contributed by atoms with Gasteiger partial charge in [0.2, 0.25) is 0 Å². The molecular weight excluding hydrogens is 462 g/mol. The first kappa shape index (κ1) is 23.5. The molecule has 11 nitrogen and oxygen atoms in total. The highest BCUT2D eigenvalue weighted by molar-refractivity contribution is 7.90. The second-order valence-corrected chi connectivity index (χ2v) is 10.8. The predicted molar refractivity (Wildman–Crippen MR) is 125 cm³/mol. The molecule has 1 fully saturated rings. The van der Waals surface area contributed by atoms with Gasteiger partial charge in [0.1, 0.15) is 17.5 Å². The van der Waals surface area contributed by atoms with Gasteiger partial charge in [0.15, 0.2) is 5.65 Å². The van der Waals surface area contributed by atoms with Crippen molar-refractivity contribution in [1.82, 2.24) is 13.9 Å². The summed E-state index contributed by atoms with van der Waals surface area (Å²) in [6.07, 6.45) is 2.47. The quantitative estimate of drug-likeness (QED) is 0.426. The Morgan fingerprint density at radius 2 is 1.94 bits per heavy atom. The highest BCUT2D eigenvalue weighted by Gasteiger charge is 2.32. The van der Waals surface area contributed by atoms with Crippen molar-refractivity contribution >= 4 is 38.5 Å². The molecule has 3 heterocycles. The second-order valence-electron chi connectivity index (χ2n) is 9.00. The predicted octanol–water partition coefficient (Wildman–Crippen LogP) is 3.60. The van der Waals surface area contributed by atoms with E-state index in [1.54, 1.807) is 39.0 Å². The largest absolute Gasteiger partial charge is 0.444 e. The fourth-order valence-corrected chi connectivity index (χ4v) is 5.14. The van der Waals surface area contributed by atoms with Gasteiger partial charge in [-0.1, -0.05) is 18.2 Å². The maximum Gasteiger partial charge on any atom is 0.410 e. The second kappa shape index (κ2) is 8.60. The van der Waals surface area contributed by atoms with Crippen LogP contribution >= 0.6 is 0 Å². The molecule has 1 unspecified atom stereocenters. The molecule has 1 atom stereocenters. The molecule has 180 valence electrons. The minimum Gasteiger partial charge on any atom is -0.444 e. The van der Waals surface area contributed by atoms with Crippen molar-refractivity contribution in [1.29, 1.82) is 0 Å². The molecule has 3 aromatic rings. The molecule has 0 saturated carbocycles. The molecule has 2 aromatic heterocycles. The van der Waals surface area contributed by atoms with E-state index in [2.05, 4.69) is 10.3 Å². The Hall–Kier alpha value is -3.67. The van der Waals surface area contributed by atoms with Gasteiger partial charge in [0.05, 0.1) is 15.2 Å². The Kier molecular flexibility index (Phi) is 5.94. The number of likely N-dealkylation sites (tertiary alicyclic amines) is 1. The van der Waals surface area contributed by atoms with E-state index < -0.39 is 26.6 Å². The van der Waals surface area contributed by atoms with Crippen LogP contribution in [-0.2, 0) is 14.8 Å². The molecular formula is C22H25N5O6S. The fourth-order valence-electron chi connectivity index (χ4n) is 3.82. The SMILES string of the molecule is CC(C)(C)OC(=O)N1CCC(Nc2c([N+](=O)[O-])cnc3c2ccn3S(=O)(=O)c2ccccc2)C1. The number of anilines is 1. The van der Waals surface area contributed by atoms with Crippen LogP contribution < -0.4 is 5.32 Å². The van der Waals surface area contributed by atoms with Gasteiger partial charge in [-0.3, -0.25) is 10.1 Å². The van der Waals surface area contributed by atoms with E-state index in [-0.39, 0.29) is 28.0 Å². The topological polar surface area (TPSA) is 137 Å². The molecule has 1 aromatic carbocycles. The molecule has 34 heavy (non-hydrogen) atoms. The van der Waals surface area contributed by atoms with Gasteiger partial charge in [0.25, 0.3) is 10.0 Å². The number of nitrogens with one attached hydrogen (secondary N) is 1. The molecule has 1 aliphatic rings. The molecule has 0 aliphatic carbocycles. The van der Waals surface area contributed by atoms with E-state index in [1.807, 2.05) is 0 Å². The van der Waals surface area contributed by atoms with Crippen molar-refractivity contribution < 1.29 is 22.9 Å². The van der Waals surface area contributed by atoms with Crippen molar-refractivity contribution in [2.24, 2.45) is 0 Å². The third-order valence-electron chi connectivity index (χ3n) is 5.35. The number of ether oxygens (including phenoxy) is 1. The highest BCUT2D eigenvalue weighted by atomic mass is 32.2. The van der Waals surface area contributed by atoms with Crippen LogP contribution in [0.25, 0.3) is 11.0 Å². The van der Waals surface area contributed by atoms with E-state index in [0.717, 1.165) is 10.2 Å². The van der Waals surface area contributed by atoms with E-state index in [4.69, 9.17) is 4.74 Å². The zero-order chi connectivity index (χ0) is 24.7. The van der Waals surface area contributed by atoms with Crippen LogP contribution in [0.5, 0.6) is 0 Å². The van der Waals surface area contributed by atoms with Crippen molar-refractivity contribution in [3.63, 3.8) is 0 Å². The maximum atomic E-state index is 13.1. The molecule has 4 rings (SSSR count). The standard InChI is InChI=1S/C22H25N5O6S/c1-22(2,3)33-21(28)25-11-9-15(14-25)24-19-17-10-12-26(20(17)23-13-18(19)27(29)30)34(31,32)16-7-5-4-6-8-16/h4-8,10,12-13,15H,9,11,14H2,1-3H3,(H,23,24). The van der Waals surface area contributed by atoms with Gasteiger partial charge in [-0.2, -0.15) is 0 Å². The average Bonchev–Trinajstić information content (AvgIpc) is 3.41. The average molecular weight is 488 g/mol. The van der Waals surface area contributed by atoms with Crippen LogP contribution in [-0.4, -0.2) is 58.0 Å². The van der Waals surface area contributed by atoms with Crippen LogP contribution in [0.1, 0.15) is 27.2 Å². The number of pyridine rings is 1. The number of fused-ring (bicyclic) bond motifs is 1. The van der Waals surface area contributed by atoms with Crippen LogP contribution in [0.2, 0.25) is 0 Å². The van der Waals surface area contributed by atoms with E-state index in [9.17, 15) is 23.3 Å². The minimum absolute atomic E-state index is 0.0685. The Morgan fingerprint density at radius 3 is 2.59 bits per heavy atom. The molecule has 0 spiro atoms. The van der Waals surface area contributed by atoms with Crippen molar-refractivity contribution in [3.05, 3.63) is 58.9 Å². The zero-order valence-electron chi connectivity index (χ0n) is 19.0. The Labute approximate surface area is 196 Å². The lowest BCUT2D eigenvalue weighted by atomic mass is 10.2. The number of amides is 1. The summed E-state index contributed by atoms with van der Waals surface area (Å²) in [7, 11) is -3.95. The monoisotopic (exact) mass is 487 g/mol. The first-order chi connectivity index (χ1) is 16.0.